The molecule has 1 fully saturated rings. The van der Waals surface area contributed by atoms with E-state index in [1.54, 1.807) is 0 Å². The van der Waals surface area contributed by atoms with Crippen molar-refractivity contribution in [3.05, 3.63) is 0 Å². The standard InChI is InChI=1S/C9H18O6S2/c1-4-7-5-8(14-16(2,10)11)9(6-7)15-17(3,12)13/h7-9H,4-6H2,1-3H3/t7?,8-,9+. The Morgan fingerprint density at radius 3 is 1.53 bits per heavy atom. The highest BCUT2D eigenvalue weighted by atomic mass is 32.2. The molecule has 0 heterocycles. The molecule has 0 aromatic heterocycles. The molecule has 17 heavy (non-hydrogen) atoms. The molecule has 0 amide bonds. The predicted molar refractivity (Wildman–Crippen MR) is 62.4 cm³/mol. The normalized spacial score (nSPS) is 30.6. The molecule has 1 rings (SSSR count). The first-order valence-electron chi connectivity index (χ1n) is 5.37. The second-order valence-corrected chi connectivity index (χ2v) is 7.62. The topological polar surface area (TPSA) is 86.7 Å². The number of hydrogen-bond donors (Lipinski definition) is 0. The highest BCUT2D eigenvalue weighted by Crippen LogP contribution is 2.34. The van der Waals surface area contributed by atoms with Gasteiger partial charge in [-0.25, -0.2) is 0 Å². The molecule has 0 radical (unpaired) electrons. The highest BCUT2D eigenvalue weighted by molar-refractivity contribution is 7.86. The van der Waals surface area contributed by atoms with Crippen LogP contribution >= 0.6 is 0 Å². The summed E-state index contributed by atoms with van der Waals surface area (Å²) in [5.74, 6) is 0.230. The molecule has 1 unspecified atom stereocenters. The van der Waals surface area contributed by atoms with Gasteiger partial charge in [0.15, 0.2) is 0 Å². The van der Waals surface area contributed by atoms with Gasteiger partial charge in [0.2, 0.25) is 0 Å². The first-order chi connectivity index (χ1) is 7.61. The SMILES string of the molecule is CCC1C[C@H](OS(C)(=O)=O)[C@H](OS(C)(=O)=O)C1. The summed E-state index contributed by atoms with van der Waals surface area (Å²) >= 11 is 0. The van der Waals surface area contributed by atoms with Gasteiger partial charge in [-0.1, -0.05) is 13.3 Å². The summed E-state index contributed by atoms with van der Waals surface area (Å²) in [6.45, 7) is 1.96. The van der Waals surface area contributed by atoms with Crippen LogP contribution < -0.4 is 0 Å². The molecule has 0 aromatic carbocycles. The van der Waals surface area contributed by atoms with Crippen LogP contribution in [0, 0.1) is 5.92 Å². The molecule has 8 heteroatoms. The summed E-state index contributed by atoms with van der Waals surface area (Å²) in [7, 11) is -7.21. The quantitative estimate of drug-likeness (QED) is 0.684. The molecule has 0 aromatic rings. The van der Waals surface area contributed by atoms with Gasteiger partial charge in [0, 0.05) is 0 Å². The average Bonchev–Trinajstić information content (AvgIpc) is 2.42. The minimum Gasteiger partial charge on any atom is -0.264 e. The Morgan fingerprint density at radius 1 is 0.941 bits per heavy atom. The van der Waals surface area contributed by atoms with E-state index in [-0.39, 0.29) is 5.92 Å². The molecule has 1 aliphatic rings. The molecule has 1 saturated carbocycles. The third kappa shape index (κ3) is 5.33. The molecule has 3 atom stereocenters. The average molecular weight is 286 g/mol. The molecule has 6 nitrogen and oxygen atoms in total. The van der Waals surface area contributed by atoms with E-state index in [1.165, 1.54) is 0 Å². The van der Waals surface area contributed by atoms with Crippen molar-refractivity contribution < 1.29 is 25.2 Å². The van der Waals surface area contributed by atoms with E-state index < -0.39 is 32.4 Å². The Balaban J connectivity index is 2.78. The Labute approximate surface area is 103 Å². The second-order valence-electron chi connectivity index (χ2n) is 4.42. The van der Waals surface area contributed by atoms with E-state index in [0.29, 0.717) is 12.8 Å². The Kier molecular flexibility index (Phi) is 4.56. The van der Waals surface area contributed by atoms with Crippen LogP contribution in [0.2, 0.25) is 0 Å². The molecule has 0 spiro atoms. The van der Waals surface area contributed by atoms with Crippen LogP contribution in [0.5, 0.6) is 0 Å². The van der Waals surface area contributed by atoms with Crippen molar-refractivity contribution in [1.29, 1.82) is 0 Å². The highest BCUT2D eigenvalue weighted by Gasteiger charge is 2.39. The lowest BCUT2D eigenvalue weighted by molar-refractivity contribution is 0.0887. The second kappa shape index (κ2) is 5.21. The first kappa shape index (κ1) is 14.9. The summed E-state index contributed by atoms with van der Waals surface area (Å²) in [4.78, 5) is 0. The molecule has 0 N–H and O–H groups in total. The Bertz CT molecular complexity index is 410. The smallest absolute Gasteiger partial charge is 0.264 e. The van der Waals surface area contributed by atoms with Crippen LogP contribution in [-0.4, -0.2) is 41.6 Å². The van der Waals surface area contributed by atoms with Crippen LogP contribution in [0.1, 0.15) is 26.2 Å². The zero-order chi connectivity index (χ0) is 13.3. The number of hydrogen-bond acceptors (Lipinski definition) is 6. The van der Waals surface area contributed by atoms with Gasteiger partial charge in [-0.15, -0.1) is 0 Å². The van der Waals surface area contributed by atoms with Gasteiger partial charge >= 0.3 is 0 Å². The maximum Gasteiger partial charge on any atom is 0.264 e. The minimum absolute atomic E-state index is 0.230. The summed E-state index contributed by atoms with van der Waals surface area (Å²) < 4.78 is 54.0. The van der Waals surface area contributed by atoms with Crippen molar-refractivity contribution in [3.63, 3.8) is 0 Å². The fraction of sp³-hybridized carbons (Fsp3) is 1.00. The fourth-order valence-electron chi connectivity index (χ4n) is 2.04. The zero-order valence-corrected chi connectivity index (χ0v) is 11.8. The van der Waals surface area contributed by atoms with Crippen LogP contribution in [0.25, 0.3) is 0 Å². The van der Waals surface area contributed by atoms with Crippen LogP contribution in [0.15, 0.2) is 0 Å². The Morgan fingerprint density at radius 2 is 1.29 bits per heavy atom. The lowest BCUT2D eigenvalue weighted by Crippen LogP contribution is -2.30. The molecule has 0 aliphatic heterocycles. The van der Waals surface area contributed by atoms with Gasteiger partial charge in [-0.3, -0.25) is 8.37 Å². The van der Waals surface area contributed by atoms with Crippen molar-refractivity contribution in [2.24, 2.45) is 5.92 Å². The predicted octanol–water partition coefficient (Wildman–Crippen LogP) is 0.496. The van der Waals surface area contributed by atoms with Gasteiger partial charge in [0.05, 0.1) is 12.5 Å². The maximum atomic E-state index is 11.1. The van der Waals surface area contributed by atoms with Crippen LogP contribution in [-0.2, 0) is 28.6 Å². The largest absolute Gasteiger partial charge is 0.264 e. The minimum atomic E-state index is -3.60. The van der Waals surface area contributed by atoms with Gasteiger partial charge in [-0.05, 0) is 18.8 Å². The summed E-state index contributed by atoms with van der Waals surface area (Å²) in [5.41, 5.74) is 0. The van der Waals surface area contributed by atoms with Gasteiger partial charge in [-0.2, -0.15) is 16.8 Å². The molecular formula is C9H18O6S2. The van der Waals surface area contributed by atoms with Crippen molar-refractivity contribution in [3.8, 4) is 0 Å². The van der Waals surface area contributed by atoms with Gasteiger partial charge < -0.3 is 0 Å². The van der Waals surface area contributed by atoms with E-state index >= 15 is 0 Å². The van der Waals surface area contributed by atoms with E-state index in [4.69, 9.17) is 8.37 Å². The van der Waals surface area contributed by atoms with Crippen molar-refractivity contribution in [2.75, 3.05) is 12.5 Å². The van der Waals surface area contributed by atoms with E-state index in [1.807, 2.05) is 6.92 Å². The third-order valence-corrected chi connectivity index (χ3v) is 3.91. The molecule has 1 aliphatic carbocycles. The van der Waals surface area contributed by atoms with Crippen molar-refractivity contribution in [2.45, 2.75) is 38.4 Å². The Hall–Kier alpha value is -0.180. The van der Waals surface area contributed by atoms with E-state index in [2.05, 4.69) is 0 Å². The zero-order valence-electron chi connectivity index (χ0n) is 10.1. The maximum absolute atomic E-state index is 11.1. The van der Waals surface area contributed by atoms with Crippen LogP contribution in [0.3, 0.4) is 0 Å². The summed E-state index contributed by atoms with van der Waals surface area (Å²) in [6.07, 6.45) is 2.34. The van der Waals surface area contributed by atoms with E-state index in [0.717, 1.165) is 18.9 Å². The molecule has 0 bridgehead atoms. The summed E-state index contributed by atoms with van der Waals surface area (Å²) in [5, 5.41) is 0. The first-order valence-corrected chi connectivity index (χ1v) is 9.00. The van der Waals surface area contributed by atoms with Crippen molar-refractivity contribution >= 4 is 20.2 Å². The molecule has 0 saturated heterocycles. The number of rotatable bonds is 5. The fourth-order valence-corrected chi connectivity index (χ4v) is 3.34. The van der Waals surface area contributed by atoms with Gasteiger partial charge in [0.1, 0.15) is 12.2 Å². The summed E-state index contributed by atoms with van der Waals surface area (Å²) in [6, 6.07) is 0. The lowest BCUT2D eigenvalue weighted by Gasteiger charge is -2.17. The van der Waals surface area contributed by atoms with Crippen molar-refractivity contribution in [1.82, 2.24) is 0 Å². The van der Waals surface area contributed by atoms with Crippen LogP contribution in [0.4, 0.5) is 0 Å². The lowest BCUT2D eigenvalue weighted by atomic mass is 10.1. The molecular weight excluding hydrogens is 268 g/mol. The van der Waals surface area contributed by atoms with E-state index in [9.17, 15) is 16.8 Å². The molecule has 102 valence electrons. The van der Waals surface area contributed by atoms with Gasteiger partial charge in [0.25, 0.3) is 20.2 Å². The third-order valence-electron chi connectivity index (χ3n) is 2.72. The monoisotopic (exact) mass is 286 g/mol.